The first-order valence-electron chi connectivity index (χ1n) is 9.83. The summed E-state index contributed by atoms with van der Waals surface area (Å²) in [6.07, 6.45) is 2.34. The van der Waals surface area contributed by atoms with Crippen LogP contribution in [0, 0.1) is 5.92 Å². The molecule has 0 atom stereocenters. The van der Waals surface area contributed by atoms with Crippen LogP contribution in [0.1, 0.15) is 51.8 Å². The Labute approximate surface area is 169 Å². The van der Waals surface area contributed by atoms with Gasteiger partial charge in [0.05, 0.1) is 6.26 Å². The fourth-order valence-corrected chi connectivity index (χ4v) is 3.08. The quantitative estimate of drug-likeness (QED) is 0.803. The molecule has 1 saturated heterocycles. The second-order valence-corrected chi connectivity index (χ2v) is 7.41. The minimum absolute atomic E-state index is 0.180. The molecule has 0 bridgehead atoms. The summed E-state index contributed by atoms with van der Waals surface area (Å²) >= 11 is 0. The summed E-state index contributed by atoms with van der Waals surface area (Å²) in [7, 11) is 0. The maximum Gasteiger partial charge on any atom is 0.289 e. The van der Waals surface area contributed by atoms with Crippen LogP contribution in [0.25, 0.3) is 0 Å². The van der Waals surface area contributed by atoms with Gasteiger partial charge in [-0.2, -0.15) is 0 Å². The van der Waals surface area contributed by atoms with E-state index in [9.17, 15) is 14.4 Å². The zero-order valence-electron chi connectivity index (χ0n) is 16.8. The average Bonchev–Trinajstić information content (AvgIpc) is 3.27. The van der Waals surface area contributed by atoms with Crippen molar-refractivity contribution in [3.05, 3.63) is 53.7 Å². The van der Waals surface area contributed by atoms with Crippen LogP contribution in [0.4, 0.5) is 0 Å². The lowest BCUT2D eigenvalue weighted by Gasteiger charge is -2.34. The monoisotopic (exact) mass is 398 g/mol. The topological polar surface area (TPSA) is 95.8 Å². The van der Waals surface area contributed by atoms with Gasteiger partial charge in [0.15, 0.2) is 5.76 Å². The van der Waals surface area contributed by atoms with Gasteiger partial charge in [-0.15, -0.1) is 0 Å². The molecule has 1 aliphatic rings. The first-order chi connectivity index (χ1) is 14.0. The van der Waals surface area contributed by atoms with Crippen molar-refractivity contribution < 1.29 is 18.8 Å². The molecule has 0 aromatic carbocycles. The van der Waals surface area contributed by atoms with Crippen LogP contribution in [0.3, 0.4) is 0 Å². The minimum Gasteiger partial charge on any atom is -0.459 e. The number of rotatable bonds is 6. The summed E-state index contributed by atoms with van der Waals surface area (Å²) in [5.74, 6) is 0.0820. The van der Waals surface area contributed by atoms with Crippen molar-refractivity contribution in [1.82, 2.24) is 20.1 Å². The van der Waals surface area contributed by atoms with Gasteiger partial charge < -0.3 is 19.5 Å². The average molecular weight is 398 g/mol. The summed E-state index contributed by atoms with van der Waals surface area (Å²) in [5, 5.41) is 2.83. The third-order valence-electron chi connectivity index (χ3n) is 4.79. The van der Waals surface area contributed by atoms with E-state index in [4.69, 9.17) is 4.42 Å². The lowest BCUT2D eigenvalue weighted by atomic mass is 10.1. The molecule has 3 amide bonds. The molecule has 29 heavy (non-hydrogen) atoms. The van der Waals surface area contributed by atoms with Crippen molar-refractivity contribution in [3.8, 4) is 0 Å². The summed E-state index contributed by atoms with van der Waals surface area (Å²) in [6, 6.07) is 8.16. The lowest BCUT2D eigenvalue weighted by molar-refractivity contribution is 0.0515. The maximum atomic E-state index is 12.8. The van der Waals surface area contributed by atoms with E-state index in [-0.39, 0.29) is 29.1 Å². The number of nitrogens with zero attached hydrogens (tertiary/aromatic N) is 3. The molecule has 2 aromatic heterocycles. The van der Waals surface area contributed by atoms with Crippen LogP contribution in [0.15, 0.2) is 41.0 Å². The first-order valence-corrected chi connectivity index (χ1v) is 9.83. The molecule has 8 heteroatoms. The molecule has 0 saturated carbocycles. The summed E-state index contributed by atoms with van der Waals surface area (Å²) in [5.41, 5.74) is 0.457. The summed E-state index contributed by atoms with van der Waals surface area (Å²) < 4.78 is 5.15. The highest BCUT2D eigenvalue weighted by atomic mass is 16.3. The Balaban J connectivity index is 1.57. The lowest BCUT2D eigenvalue weighted by Crippen LogP contribution is -2.50. The van der Waals surface area contributed by atoms with Crippen LogP contribution >= 0.6 is 0 Å². The van der Waals surface area contributed by atoms with Crippen molar-refractivity contribution in [3.63, 3.8) is 0 Å². The molecule has 154 valence electrons. The normalized spacial score (nSPS) is 14.2. The van der Waals surface area contributed by atoms with E-state index in [0.717, 1.165) is 6.42 Å². The largest absolute Gasteiger partial charge is 0.459 e. The van der Waals surface area contributed by atoms with Crippen molar-refractivity contribution in [1.29, 1.82) is 0 Å². The van der Waals surface area contributed by atoms with Crippen molar-refractivity contribution in [2.24, 2.45) is 5.92 Å². The Hall–Kier alpha value is -3.16. The summed E-state index contributed by atoms with van der Waals surface area (Å²) in [6.45, 7) is 6.39. The SMILES string of the molecule is CC(C)CCNC(=O)c1cccc(C(=O)N2CCN(C(=O)c3ccco3)CC2)n1. The van der Waals surface area contributed by atoms with Gasteiger partial charge in [0, 0.05) is 32.7 Å². The predicted molar refractivity (Wildman–Crippen MR) is 107 cm³/mol. The highest BCUT2D eigenvalue weighted by Crippen LogP contribution is 2.12. The first kappa shape index (κ1) is 20.6. The van der Waals surface area contributed by atoms with E-state index in [1.165, 1.54) is 6.26 Å². The van der Waals surface area contributed by atoms with E-state index in [0.29, 0.717) is 44.4 Å². The van der Waals surface area contributed by atoms with Crippen LogP contribution in [-0.4, -0.2) is 65.2 Å². The van der Waals surface area contributed by atoms with Gasteiger partial charge in [0.25, 0.3) is 17.7 Å². The predicted octanol–water partition coefficient (Wildman–Crippen LogP) is 2.05. The fourth-order valence-electron chi connectivity index (χ4n) is 3.08. The highest BCUT2D eigenvalue weighted by molar-refractivity contribution is 5.96. The Kier molecular flexibility index (Phi) is 6.64. The van der Waals surface area contributed by atoms with Crippen LogP contribution in [-0.2, 0) is 0 Å². The van der Waals surface area contributed by atoms with Crippen molar-refractivity contribution in [2.75, 3.05) is 32.7 Å². The van der Waals surface area contributed by atoms with E-state index in [1.807, 2.05) is 0 Å². The standard InChI is InChI=1S/C21H26N4O4/c1-15(2)8-9-22-19(26)16-5-3-6-17(23-16)20(27)24-10-12-25(13-11-24)21(28)18-7-4-14-29-18/h3-7,14-15H,8-13H2,1-2H3,(H,22,26). The number of carbonyl (C=O) groups excluding carboxylic acids is 3. The molecule has 8 nitrogen and oxygen atoms in total. The zero-order valence-corrected chi connectivity index (χ0v) is 16.8. The third kappa shape index (κ3) is 5.22. The van der Waals surface area contributed by atoms with Crippen LogP contribution < -0.4 is 5.32 Å². The Morgan fingerprint density at radius 1 is 1.00 bits per heavy atom. The Morgan fingerprint density at radius 3 is 2.28 bits per heavy atom. The van der Waals surface area contributed by atoms with Gasteiger partial charge in [-0.05, 0) is 36.6 Å². The van der Waals surface area contributed by atoms with E-state index < -0.39 is 0 Å². The van der Waals surface area contributed by atoms with Gasteiger partial charge in [-0.25, -0.2) is 4.98 Å². The van der Waals surface area contributed by atoms with E-state index >= 15 is 0 Å². The molecule has 0 spiro atoms. The molecular weight excluding hydrogens is 372 g/mol. The molecule has 2 aromatic rings. The van der Waals surface area contributed by atoms with E-state index in [1.54, 1.807) is 40.1 Å². The van der Waals surface area contributed by atoms with Crippen LogP contribution in [0.2, 0.25) is 0 Å². The third-order valence-corrected chi connectivity index (χ3v) is 4.79. The number of amides is 3. The van der Waals surface area contributed by atoms with E-state index in [2.05, 4.69) is 24.1 Å². The number of aromatic nitrogens is 1. The van der Waals surface area contributed by atoms with Gasteiger partial charge in [-0.3, -0.25) is 14.4 Å². The molecule has 3 heterocycles. The van der Waals surface area contributed by atoms with Gasteiger partial charge in [-0.1, -0.05) is 19.9 Å². The molecule has 1 N–H and O–H groups in total. The van der Waals surface area contributed by atoms with Crippen molar-refractivity contribution >= 4 is 17.7 Å². The number of nitrogens with one attached hydrogen (secondary N) is 1. The number of furan rings is 1. The molecule has 1 aliphatic heterocycles. The molecular formula is C21H26N4O4. The number of pyridine rings is 1. The Bertz CT molecular complexity index is 855. The molecule has 0 unspecified atom stereocenters. The zero-order chi connectivity index (χ0) is 20.8. The second kappa shape index (κ2) is 9.36. The highest BCUT2D eigenvalue weighted by Gasteiger charge is 2.27. The maximum absolute atomic E-state index is 12.8. The fraction of sp³-hybridized carbons (Fsp3) is 0.429. The molecule has 0 aliphatic carbocycles. The molecule has 0 radical (unpaired) electrons. The number of hydrogen-bond acceptors (Lipinski definition) is 5. The number of carbonyl (C=O) groups is 3. The molecule has 3 rings (SSSR count). The van der Waals surface area contributed by atoms with Gasteiger partial charge in [0.2, 0.25) is 0 Å². The number of piperazine rings is 1. The van der Waals surface area contributed by atoms with Crippen molar-refractivity contribution in [2.45, 2.75) is 20.3 Å². The second-order valence-electron chi connectivity index (χ2n) is 7.41. The Morgan fingerprint density at radius 2 is 1.66 bits per heavy atom. The number of hydrogen-bond donors (Lipinski definition) is 1. The van der Waals surface area contributed by atoms with Gasteiger partial charge >= 0.3 is 0 Å². The minimum atomic E-state index is -0.283. The van der Waals surface area contributed by atoms with Crippen LogP contribution in [0.5, 0.6) is 0 Å². The summed E-state index contributed by atoms with van der Waals surface area (Å²) in [4.78, 5) is 44.9. The molecule has 1 fully saturated rings. The smallest absolute Gasteiger partial charge is 0.289 e. The van der Waals surface area contributed by atoms with Gasteiger partial charge in [0.1, 0.15) is 11.4 Å².